The lowest BCUT2D eigenvalue weighted by Crippen LogP contribution is -2.27. The molecule has 9 nitrogen and oxygen atoms in total. The number of H-pyrrole nitrogens is 1. The first-order chi connectivity index (χ1) is 19.2. The summed E-state index contributed by atoms with van der Waals surface area (Å²) < 4.78 is 5.61. The van der Waals surface area contributed by atoms with Crippen LogP contribution in [0.5, 0.6) is 5.75 Å². The number of hydrogen-bond donors (Lipinski definition) is 1. The summed E-state index contributed by atoms with van der Waals surface area (Å²) in [4.78, 5) is 22.5. The van der Waals surface area contributed by atoms with Crippen LogP contribution in [-0.4, -0.2) is 56.5 Å². The summed E-state index contributed by atoms with van der Waals surface area (Å²) in [5.41, 5.74) is 4.99. The van der Waals surface area contributed by atoms with Gasteiger partial charge in [-0.05, 0) is 32.4 Å². The number of hydrogen-bond acceptors (Lipinski definition) is 7. The van der Waals surface area contributed by atoms with Crippen LogP contribution in [0.15, 0.2) is 58.6 Å². The van der Waals surface area contributed by atoms with E-state index in [4.69, 9.17) is 29.9 Å². The maximum atomic E-state index is 5.61. The maximum absolute atomic E-state index is 5.61. The second-order valence-corrected chi connectivity index (χ2v) is 11.1. The largest absolute Gasteiger partial charge is 0.496 e. The third kappa shape index (κ3) is 5.28. The average Bonchev–Trinajstić information content (AvgIpc) is 3.64. The van der Waals surface area contributed by atoms with Gasteiger partial charge in [-0.2, -0.15) is 10.1 Å². The Labute approximate surface area is 236 Å². The monoisotopic (exact) mass is 538 g/mol. The van der Waals surface area contributed by atoms with Crippen molar-refractivity contribution in [2.45, 2.75) is 54.4 Å². The van der Waals surface area contributed by atoms with E-state index in [2.05, 4.69) is 56.6 Å². The number of aliphatic imine (C=N–C) groups is 1. The lowest BCUT2D eigenvalue weighted by Gasteiger charge is -2.19. The summed E-state index contributed by atoms with van der Waals surface area (Å²) in [6, 6.07) is 16.2. The molecular formula is C31H38N8O. The SMILES string of the molecule is CCCCN(CC)c1nc(/N=C2/C(C(C)(C)C)=Nn3nc(-c4cc(C)ccc4OC)nc32)c(-c2ccccc2)[nH]1. The Bertz CT molecular complexity index is 1560. The third-order valence-electron chi connectivity index (χ3n) is 6.94. The molecule has 1 aliphatic heterocycles. The minimum Gasteiger partial charge on any atom is -0.496 e. The number of fused-ring (bicyclic) bond motifs is 1. The van der Waals surface area contributed by atoms with Crippen molar-refractivity contribution >= 4 is 23.2 Å². The van der Waals surface area contributed by atoms with Crippen LogP contribution >= 0.6 is 0 Å². The normalized spacial score (nSPS) is 14.0. The summed E-state index contributed by atoms with van der Waals surface area (Å²) in [7, 11) is 1.65. The molecular weight excluding hydrogens is 500 g/mol. The molecule has 40 heavy (non-hydrogen) atoms. The molecule has 0 amide bonds. The van der Waals surface area contributed by atoms with E-state index in [1.807, 2.05) is 43.3 Å². The van der Waals surface area contributed by atoms with E-state index in [1.54, 1.807) is 11.9 Å². The van der Waals surface area contributed by atoms with E-state index in [-0.39, 0.29) is 5.41 Å². The molecule has 0 saturated carbocycles. The van der Waals surface area contributed by atoms with Crippen LogP contribution in [0.4, 0.5) is 11.8 Å². The smallest absolute Gasteiger partial charge is 0.205 e. The molecule has 0 radical (unpaired) electrons. The molecule has 3 heterocycles. The van der Waals surface area contributed by atoms with Crippen molar-refractivity contribution in [3.8, 4) is 28.4 Å². The Kier molecular flexibility index (Phi) is 7.56. The zero-order valence-electron chi connectivity index (χ0n) is 24.5. The molecule has 5 rings (SSSR count). The molecule has 2 aromatic carbocycles. The zero-order chi connectivity index (χ0) is 28.4. The highest BCUT2D eigenvalue weighted by Crippen LogP contribution is 2.35. The van der Waals surface area contributed by atoms with Gasteiger partial charge in [0.1, 0.15) is 11.5 Å². The van der Waals surface area contributed by atoms with Gasteiger partial charge in [0.2, 0.25) is 11.8 Å². The van der Waals surface area contributed by atoms with Gasteiger partial charge in [-0.25, -0.2) is 9.98 Å². The number of unbranched alkanes of at least 4 members (excludes halogenated alkanes) is 1. The fourth-order valence-electron chi connectivity index (χ4n) is 4.75. The molecule has 0 saturated heterocycles. The molecule has 1 aliphatic rings. The highest BCUT2D eigenvalue weighted by atomic mass is 16.5. The number of rotatable bonds is 9. The molecule has 208 valence electrons. The van der Waals surface area contributed by atoms with Crippen LogP contribution in [0.1, 0.15) is 58.8 Å². The van der Waals surface area contributed by atoms with Crippen LogP contribution in [0.2, 0.25) is 0 Å². The Morgan fingerprint density at radius 2 is 1.82 bits per heavy atom. The van der Waals surface area contributed by atoms with Gasteiger partial charge in [-0.3, -0.25) is 0 Å². The lowest BCUT2D eigenvalue weighted by atomic mass is 9.87. The van der Waals surface area contributed by atoms with E-state index < -0.39 is 0 Å². The van der Waals surface area contributed by atoms with Gasteiger partial charge in [0.15, 0.2) is 11.6 Å². The van der Waals surface area contributed by atoms with Gasteiger partial charge in [0.25, 0.3) is 0 Å². The topological polar surface area (TPSA) is 96.6 Å². The molecule has 0 fully saturated rings. The number of imidazole rings is 1. The van der Waals surface area contributed by atoms with Gasteiger partial charge in [0, 0.05) is 24.1 Å². The van der Waals surface area contributed by atoms with Crippen molar-refractivity contribution in [1.82, 2.24) is 24.8 Å². The minimum atomic E-state index is -0.287. The average molecular weight is 539 g/mol. The Balaban J connectivity index is 1.67. The first-order valence-corrected chi connectivity index (χ1v) is 13.9. The lowest BCUT2D eigenvalue weighted by molar-refractivity contribution is 0.416. The molecule has 9 heteroatoms. The molecule has 1 N–H and O–H groups in total. The molecule has 0 unspecified atom stereocenters. The first-order valence-electron chi connectivity index (χ1n) is 13.9. The van der Waals surface area contributed by atoms with Crippen molar-refractivity contribution in [2.24, 2.45) is 15.5 Å². The van der Waals surface area contributed by atoms with Gasteiger partial charge in [-0.15, -0.1) is 9.89 Å². The predicted octanol–water partition coefficient (Wildman–Crippen LogP) is 6.66. The molecule has 2 aromatic heterocycles. The summed E-state index contributed by atoms with van der Waals surface area (Å²) >= 11 is 0. The summed E-state index contributed by atoms with van der Waals surface area (Å²) in [5, 5.41) is 9.61. The second kappa shape index (κ2) is 11.1. The van der Waals surface area contributed by atoms with E-state index in [1.165, 1.54) is 0 Å². The molecule has 0 bridgehead atoms. The van der Waals surface area contributed by atoms with Crippen LogP contribution in [0.3, 0.4) is 0 Å². The molecule has 4 aromatic rings. The van der Waals surface area contributed by atoms with Gasteiger partial charge < -0.3 is 14.6 Å². The highest BCUT2D eigenvalue weighted by molar-refractivity contribution is 6.50. The minimum absolute atomic E-state index is 0.287. The Morgan fingerprint density at radius 3 is 2.50 bits per heavy atom. The van der Waals surface area contributed by atoms with Crippen LogP contribution < -0.4 is 9.64 Å². The van der Waals surface area contributed by atoms with E-state index in [0.717, 1.165) is 60.0 Å². The van der Waals surface area contributed by atoms with Crippen molar-refractivity contribution in [1.29, 1.82) is 0 Å². The number of anilines is 1. The predicted molar refractivity (Wildman–Crippen MR) is 162 cm³/mol. The van der Waals surface area contributed by atoms with E-state index >= 15 is 0 Å². The third-order valence-corrected chi connectivity index (χ3v) is 6.94. The van der Waals surface area contributed by atoms with Gasteiger partial charge in [0.05, 0.1) is 24.1 Å². The van der Waals surface area contributed by atoms with Crippen molar-refractivity contribution in [2.75, 3.05) is 25.1 Å². The maximum Gasteiger partial charge on any atom is 0.205 e. The van der Waals surface area contributed by atoms with Crippen molar-refractivity contribution in [3.05, 3.63) is 59.9 Å². The second-order valence-electron chi connectivity index (χ2n) is 11.1. The number of aryl methyl sites for hydroxylation is 1. The quantitative estimate of drug-likeness (QED) is 0.257. The highest BCUT2D eigenvalue weighted by Gasteiger charge is 2.36. The Morgan fingerprint density at radius 1 is 1.05 bits per heavy atom. The standard InChI is InChI=1S/C31H38N8O/c1-8-10-18-38(9-2)30-33-24(21-14-12-11-13-15-21)28(35-30)32-25-26(31(4,5)6)36-39-29(25)34-27(37-39)22-19-20(3)16-17-23(22)40-7/h11-17,19H,8-10,18H2,1-7H3,(H,33,35)/b32-25-. The number of nitrogens with zero attached hydrogens (tertiary/aromatic N) is 7. The fourth-order valence-corrected chi connectivity index (χ4v) is 4.75. The van der Waals surface area contributed by atoms with E-state index in [0.29, 0.717) is 28.9 Å². The fraction of sp³-hybridized carbons (Fsp3) is 0.387. The van der Waals surface area contributed by atoms with Crippen LogP contribution in [0.25, 0.3) is 22.6 Å². The van der Waals surface area contributed by atoms with Gasteiger partial charge >= 0.3 is 0 Å². The number of ether oxygens (including phenoxy) is 1. The summed E-state index contributed by atoms with van der Waals surface area (Å²) in [5.74, 6) is 3.26. The van der Waals surface area contributed by atoms with Crippen molar-refractivity contribution in [3.63, 3.8) is 0 Å². The summed E-state index contributed by atoms with van der Waals surface area (Å²) in [6.07, 6.45) is 2.21. The van der Waals surface area contributed by atoms with Crippen LogP contribution in [0, 0.1) is 12.3 Å². The number of nitrogens with one attached hydrogen (secondary N) is 1. The number of benzene rings is 2. The Hall–Kier alpha value is -4.27. The number of aromatic nitrogens is 5. The summed E-state index contributed by atoms with van der Waals surface area (Å²) in [6.45, 7) is 14.5. The number of aromatic amines is 1. The molecule has 0 atom stereocenters. The van der Waals surface area contributed by atoms with Crippen molar-refractivity contribution < 1.29 is 4.74 Å². The zero-order valence-corrected chi connectivity index (χ0v) is 24.5. The molecule has 0 spiro atoms. The number of methoxy groups -OCH3 is 1. The first kappa shape index (κ1) is 27.3. The molecule has 0 aliphatic carbocycles. The van der Waals surface area contributed by atoms with E-state index in [9.17, 15) is 0 Å². The van der Waals surface area contributed by atoms with Gasteiger partial charge in [-0.1, -0.05) is 76.1 Å². The van der Waals surface area contributed by atoms with Crippen LogP contribution in [-0.2, 0) is 0 Å².